The molecule has 158 valence electrons. The molecule has 1 fully saturated rings. The van der Waals surface area contributed by atoms with E-state index < -0.39 is 0 Å². The zero-order valence-corrected chi connectivity index (χ0v) is 18.7. The van der Waals surface area contributed by atoms with Gasteiger partial charge < -0.3 is 15.1 Å². The van der Waals surface area contributed by atoms with Gasteiger partial charge in [0.25, 0.3) is 0 Å². The number of rotatable bonds is 3. The maximum Gasteiger partial charge on any atom is 0.121 e. The molecule has 3 heterocycles. The highest BCUT2D eigenvalue weighted by molar-refractivity contribution is 6.35. The van der Waals surface area contributed by atoms with E-state index in [-0.39, 0.29) is 18.5 Å². The second-order valence-electron chi connectivity index (χ2n) is 7.69. The number of ether oxygens (including phenoxy) is 1. The first kappa shape index (κ1) is 21.3. The number of halogens is 3. The van der Waals surface area contributed by atoms with E-state index in [4.69, 9.17) is 32.9 Å². The van der Waals surface area contributed by atoms with Crippen molar-refractivity contribution < 1.29 is 4.74 Å². The summed E-state index contributed by atoms with van der Waals surface area (Å²) in [6, 6.07) is 7.62. The average molecular weight is 466 g/mol. The Hall–Kier alpha value is -1.95. The van der Waals surface area contributed by atoms with Crippen molar-refractivity contribution in [2.24, 2.45) is 16.0 Å². The molecule has 5 rings (SSSR count). The molecule has 2 aromatic rings. The van der Waals surface area contributed by atoms with E-state index in [1.807, 2.05) is 36.6 Å². The van der Waals surface area contributed by atoms with Gasteiger partial charge >= 0.3 is 0 Å². The van der Waals surface area contributed by atoms with Crippen molar-refractivity contribution in [3.05, 3.63) is 62.4 Å². The predicted molar refractivity (Wildman–Crippen MR) is 123 cm³/mol. The Bertz CT molecular complexity index is 1110. The zero-order chi connectivity index (χ0) is 19.8. The summed E-state index contributed by atoms with van der Waals surface area (Å²) in [5.74, 6) is 1.22. The fourth-order valence-electron chi connectivity index (χ4n) is 4.49. The lowest BCUT2D eigenvalue weighted by atomic mass is 9.82. The second-order valence-corrected chi connectivity index (χ2v) is 8.53. The minimum Gasteiger partial charge on any atom is -0.490 e. The van der Waals surface area contributed by atoms with E-state index in [0.29, 0.717) is 24.0 Å². The standard InChI is InChI=1S/C22H22Cl2N4O.ClH/c23-14-2-1-3-16(10-14)29-15-6-4-13(5-7-15)20-18(24)8-9-25-21-17-11-26-27-12-19(17)28-22(20)21;/h1-3,8,10,12-13,15,26,28H,4-7,9,11H2;1H. The summed E-state index contributed by atoms with van der Waals surface area (Å²) in [6.45, 7) is 1.29. The molecular formula is C22H23Cl3N4O. The lowest BCUT2D eigenvalue weighted by Gasteiger charge is -2.30. The molecule has 8 heteroatoms. The lowest BCUT2D eigenvalue weighted by Crippen LogP contribution is -2.33. The highest BCUT2D eigenvalue weighted by Gasteiger charge is 2.28. The quantitative estimate of drug-likeness (QED) is 0.718. The number of aromatic nitrogens is 1. The molecular weight excluding hydrogens is 443 g/mol. The van der Waals surface area contributed by atoms with Crippen molar-refractivity contribution in [3.63, 3.8) is 0 Å². The summed E-state index contributed by atoms with van der Waals surface area (Å²) in [5.41, 5.74) is 6.43. The summed E-state index contributed by atoms with van der Waals surface area (Å²) in [4.78, 5) is 8.32. The molecule has 0 radical (unpaired) electrons. The van der Waals surface area contributed by atoms with Gasteiger partial charge in [0.2, 0.25) is 0 Å². The van der Waals surface area contributed by atoms with E-state index in [1.165, 1.54) is 11.1 Å². The molecule has 30 heavy (non-hydrogen) atoms. The van der Waals surface area contributed by atoms with Gasteiger partial charge in [0.15, 0.2) is 0 Å². The minimum absolute atomic E-state index is 0. The van der Waals surface area contributed by atoms with Crippen LogP contribution >= 0.6 is 35.6 Å². The Kier molecular flexibility index (Phi) is 6.42. The van der Waals surface area contributed by atoms with E-state index in [0.717, 1.165) is 52.9 Å². The number of hydrazone groups is 1. The van der Waals surface area contributed by atoms with Crippen molar-refractivity contribution in [1.82, 2.24) is 10.4 Å². The fraction of sp³-hybridized carbons (Fsp3) is 0.364. The normalized spacial score (nSPS) is 22.5. The Morgan fingerprint density at radius 2 is 1.93 bits per heavy atom. The smallest absolute Gasteiger partial charge is 0.121 e. The highest BCUT2D eigenvalue weighted by atomic mass is 35.5. The third kappa shape index (κ3) is 4.11. The van der Waals surface area contributed by atoms with Gasteiger partial charge in [-0.1, -0.05) is 29.3 Å². The van der Waals surface area contributed by atoms with E-state index >= 15 is 0 Å². The van der Waals surface area contributed by atoms with E-state index in [1.54, 1.807) is 0 Å². The summed E-state index contributed by atoms with van der Waals surface area (Å²) in [5, 5.41) is 7.77. The third-order valence-electron chi connectivity index (χ3n) is 5.88. The van der Waals surface area contributed by atoms with Gasteiger partial charge in [0, 0.05) is 15.6 Å². The van der Waals surface area contributed by atoms with Crippen LogP contribution in [0.25, 0.3) is 5.57 Å². The van der Waals surface area contributed by atoms with Crippen LogP contribution in [0.4, 0.5) is 0 Å². The molecule has 0 amide bonds. The van der Waals surface area contributed by atoms with Crippen molar-refractivity contribution in [3.8, 4) is 5.75 Å². The molecule has 0 spiro atoms. The highest BCUT2D eigenvalue weighted by Crippen LogP contribution is 2.37. The molecule has 0 saturated heterocycles. The van der Waals surface area contributed by atoms with Crippen molar-refractivity contribution >= 4 is 47.4 Å². The number of nitrogens with zero attached hydrogens (tertiary/aromatic N) is 2. The van der Waals surface area contributed by atoms with Crippen LogP contribution in [0.3, 0.4) is 0 Å². The number of benzene rings is 1. The van der Waals surface area contributed by atoms with Crippen LogP contribution in [0.5, 0.6) is 5.75 Å². The van der Waals surface area contributed by atoms with Gasteiger partial charge in [-0.2, -0.15) is 5.10 Å². The fourth-order valence-corrected chi connectivity index (χ4v) is 4.99. The first-order valence-electron chi connectivity index (χ1n) is 10.0. The maximum atomic E-state index is 6.74. The van der Waals surface area contributed by atoms with Crippen LogP contribution in [0.1, 0.15) is 36.9 Å². The summed E-state index contributed by atoms with van der Waals surface area (Å²) in [7, 11) is 0. The first-order valence-corrected chi connectivity index (χ1v) is 10.8. The molecule has 1 aliphatic carbocycles. The SMILES string of the molecule is Cl.ClC1=CCN=c2c3c([nH]c2=C1C1CCC(Oc2cccc(Cl)c2)CC1)C=NNC3. The molecule has 2 N–H and O–H groups in total. The Morgan fingerprint density at radius 3 is 2.73 bits per heavy atom. The van der Waals surface area contributed by atoms with Crippen molar-refractivity contribution in [1.29, 1.82) is 0 Å². The second kappa shape index (κ2) is 9.04. The zero-order valence-electron chi connectivity index (χ0n) is 16.3. The third-order valence-corrected chi connectivity index (χ3v) is 6.47. The number of hydrogen-bond donors (Lipinski definition) is 2. The Balaban J connectivity index is 0.00000218. The van der Waals surface area contributed by atoms with Crippen LogP contribution in [0, 0.1) is 5.92 Å². The molecule has 2 aliphatic heterocycles. The molecule has 0 unspecified atom stereocenters. The van der Waals surface area contributed by atoms with Gasteiger partial charge in [-0.25, -0.2) is 0 Å². The van der Waals surface area contributed by atoms with Gasteiger partial charge in [-0.15, -0.1) is 12.4 Å². The van der Waals surface area contributed by atoms with E-state index in [2.05, 4.69) is 15.5 Å². The summed E-state index contributed by atoms with van der Waals surface area (Å²) < 4.78 is 6.17. The number of fused-ring (bicyclic) bond motifs is 3. The summed E-state index contributed by atoms with van der Waals surface area (Å²) in [6.07, 6.45) is 8.09. The van der Waals surface area contributed by atoms with E-state index in [9.17, 15) is 0 Å². The molecule has 3 aliphatic rings. The lowest BCUT2D eigenvalue weighted by molar-refractivity contribution is 0.143. The number of aromatic amines is 1. The number of allylic oxidation sites excluding steroid dienone is 1. The molecule has 1 aromatic heterocycles. The van der Waals surface area contributed by atoms with Crippen LogP contribution in [-0.2, 0) is 6.54 Å². The predicted octanol–water partition coefficient (Wildman–Crippen LogP) is 4.07. The van der Waals surface area contributed by atoms with Gasteiger partial charge in [0.1, 0.15) is 5.75 Å². The molecule has 1 aromatic carbocycles. The number of H-pyrrole nitrogens is 1. The topological polar surface area (TPSA) is 61.8 Å². The van der Waals surface area contributed by atoms with Gasteiger partial charge in [0.05, 0.1) is 41.8 Å². The molecule has 5 nitrogen and oxygen atoms in total. The summed E-state index contributed by atoms with van der Waals surface area (Å²) >= 11 is 12.8. The van der Waals surface area contributed by atoms with Gasteiger partial charge in [-0.3, -0.25) is 4.99 Å². The van der Waals surface area contributed by atoms with Crippen molar-refractivity contribution in [2.75, 3.05) is 6.54 Å². The largest absolute Gasteiger partial charge is 0.490 e. The first-order chi connectivity index (χ1) is 14.2. The Labute approximate surface area is 191 Å². The minimum atomic E-state index is 0. The van der Waals surface area contributed by atoms with Crippen molar-refractivity contribution in [2.45, 2.75) is 38.3 Å². The maximum absolute atomic E-state index is 6.74. The molecule has 0 atom stereocenters. The van der Waals surface area contributed by atoms with Crippen LogP contribution < -0.4 is 20.9 Å². The van der Waals surface area contributed by atoms with Gasteiger partial charge in [-0.05, 0) is 61.4 Å². The number of nitrogens with one attached hydrogen (secondary N) is 2. The molecule has 0 bridgehead atoms. The van der Waals surface area contributed by atoms with Crippen LogP contribution in [0.2, 0.25) is 5.02 Å². The van der Waals surface area contributed by atoms with Crippen LogP contribution in [-0.4, -0.2) is 23.8 Å². The van der Waals surface area contributed by atoms with Crippen LogP contribution in [0.15, 0.2) is 45.5 Å². The average Bonchev–Trinajstić information content (AvgIpc) is 2.99. The number of hydrogen-bond acceptors (Lipinski definition) is 4. The Morgan fingerprint density at radius 1 is 1.10 bits per heavy atom. The monoisotopic (exact) mass is 464 g/mol. The molecule has 1 saturated carbocycles.